The van der Waals surface area contributed by atoms with Gasteiger partial charge in [-0.25, -0.2) is 4.98 Å². The highest BCUT2D eigenvalue weighted by Gasteiger charge is 2.42. The number of aromatic nitrogens is 2. The number of imidazole rings is 1. The van der Waals surface area contributed by atoms with Gasteiger partial charge in [0.2, 0.25) is 0 Å². The average molecular weight is 247 g/mol. The first kappa shape index (κ1) is 12.4. The zero-order chi connectivity index (χ0) is 12.5. The summed E-state index contributed by atoms with van der Waals surface area (Å²) in [6.45, 7) is 0.430. The molecule has 2 heterocycles. The van der Waals surface area contributed by atoms with Crippen molar-refractivity contribution < 1.29 is 13.2 Å². The van der Waals surface area contributed by atoms with Crippen molar-refractivity contribution in [1.29, 1.82) is 0 Å². The predicted octanol–water partition coefficient (Wildman–Crippen LogP) is 1.89. The maximum Gasteiger partial charge on any atom is 0.391 e. The molecule has 2 atom stereocenters. The summed E-state index contributed by atoms with van der Waals surface area (Å²) in [6, 6.07) is -0.128. The molecule has 1 aromatic rings. The van der Waals surface area contributed by atoms with E-state index >= 15 is 0 Å². The van der Waals surface area contributed by atoms with Gasteiger partial charge in [-0.3, -0.25) is 0 Å². The first-order valence-electron chi connectivity index (χ1n) is 5.73. The van der Waals surface area contributed by atoms with Gasteiger partial charge in [0, 0.05) is 31.9 Å². The van der Waals surface area contributed by atoms with Gasteiger partial charge >= 0.3 is 6.18 Å². The molecule has 0 saturated carbocycles. The van der Waals surface area contributed by atoms with E-state index in [-0.39, 0.29) is 18.9 Å². The van der Waals surface area contributed by atoms with Crippen molar-refractivity contribution in [2.45, 2.75) is 31.5 Å². The van der Waals surface area contributed by atoms with Gasteiger partial charge in [-0.05, 0) is 19.4 Å². The second kappa shape index (κ2) is 4.68. The van der Waals surface area contributed by atoms with Crippen LogP contribution in [0, 0.1) is 5.92 Å². The standard InChI is InChI=1S/C11H16F3N3/c1-17-5-4-16-10(17)7-9-6-8(2-3-15-9)11(12,13)14/h4-5,8-9,15H,2-3,6-7H2,1H3. The molecule has 1 aliphatic heterocycles. The molecule has 0 aliphatic carbocycles. The summed E-state index contributed by atoms with van der Waals surface area (Å²) >= 11 is 0. The first-order valence-corrected chi connectivity index (χ1v) is 5.73. The van der Waals surface area contributed by atoms with E-state index in [0.29, 0.717) is 13.0 Å². The van der Waals surface area contributed by atoms with Gasteiger partial charge < -0.3 is 9.88 Å². The number of hydrogen-bond donors (Lipinski definition) is 1. The number of aryl methyl sites for hydroxylation is 1. The van der Waals surface area contributed by atoms with Crippen LogP contribution in [0.5, 0.6) is 0 Å². The molecule has 0 radical (unpaired) electrons. The van der Waals surface area contributed by atoms with Gasteiger partial charge in [0.05, 0.1) is 5.92 Å². The summed E-state index contributed by atoms with van der Waals surface area (Å²) in [5, 5.41) is 3.13. The molecule has 1 aromatic heterocycles. The lowest BCUT2D eigenvalue weighted by atomic mass is 9.90. The summed E-state index contributed by atoms with van der Waals surface area (Å²) in [5.74, 6) is -0.348. The third-order valence-electron chi connectivity index (χ3n) is 3.31. The van der Waals surface area contributed by atoms with Gasteiger partial charge in [-0.1, -0.05) is 0 Å². The number of rotatable bonds is 2. The Bertz CT molecular complexity index is 372. The highest BCUT2D eigenvalue weighted by molar-refractivity contribution is 4.96. The van der Waals surface area contributed by atoms with Crippen LogP contribution in [0.25, 0.3) is 0 Å². The lowest BCUT2D eigenvalue weighted by molar-refractivity contribution is -0.183. The van der Waals surface area contributed by atoms with Crippen LogP contribution < -0.4 is 5.32 Å². The van der Waals surface area contributed by atoms with Crippen LogP contribution in [-0.2, 0) is 13.5 Å². The van der Waals surface area contributed by atoms with E-state index in [1.54, 1.807) is 12.4 Å². The monoisotopic (exact) mass is 247 g/mol. The summed E-state index contributed by atoms with van der Waals surface area (Å²) in [5.41, 5.74) is 0. The Balaban J connectivity index is 1.96. The smallest absolute Gasteiger partial charge is 0.338 e. The lowest BCUT2D eigenvalue weighted by Crippen LogP contribution is -2.44. The van der Waals surface area contributed by atoms with Crippen LogP contribution in [0.3, 0.4) is 0 Å². The molecule has 1 saturated heterocycles. The average Bonchev–Trinajstić information content (AvgIpc) is 2.64. The van der Waals surface area contributed by atoms with Crippen molar-refractivity contribution in [3.05, 3.63) is 18.2 Å². The number of alkyl halides is 3. The summed E-state index contributed by atoms with van der Waals surface area (Å²) in [4.78, 5) is 4.14. The second-order valence-corrected chi connectivity index (χ2v) is 4.57. The van der Waals surface area contributed by atoms with Crippen molar-refractivity contribution in [2.24, 2.45) is 13.0 Å². The Labute approximate surface area is 98.0 Å². The third-order valence-corrected chi connectivity index (χ3v) is 3.31. The molecule has 0 spiro atoms. The highest BCUT2D eigenvalue weighted by Crippen LogP contribution is 2.34. The fraction of sp³-hybridized carbons (Fsp3) is 0.727. The minimum absolute atomic E-state index is 0.128. The van der Waals surface area contributed by atoms with Crippen LogP contribution in [0.1, 0.15) is 18.7 Å². The first-order chi connectivity index (χ1) is 7.97. The number of nitrogens with one attached hydrogen (secondary N) is 1. The van der Waals surface area contributed by atoms with Gasteiger partial charge in [0.1, 0.15) is 5.82 Å². The molecule has 0 amide bonds. The number of halogens is 3. The minimum Gasteiger partial charge on any atom is -0.338 e. The second-order valence-electron chi connectivity index (χ2n) is 4.57. The Kier molecular flexibility index (Phi) is 3.42. The third kappa shape index (κ3) is 3.00. The van der Waals surface area contributed by atoms with Crippen LogP contribution in [-0.4, -0.2) is 28.3 Å². The molecule has 3 nitrogen and oxygen atoms in total. The molecule has 96 valence electrons. The van der Waals surface area contributed by atoms with Crippen molar-refractivity contribution in [3.63, 3.8) is 0 Å². The van der Waals surface area contributed by atoms with Crippen LogP contribution in [0.4, 0.5) is 13.2 Å². The van der Waals surface area contributed by atoms with Gasteiger partial charge in [0.25, 0.3) is 0 Å². The zero-order valence-electron chi connectivity index (χ0n) is 9.67. The fourth-order valence-electron chi connectivity index (χ4n) is 2.27. The zero-order valence-corrected chi connectivity index (χ0v) is 9.67. The fourth-order valence-corrected chi connectivity index (χ4v) is 2.27. The van der Waals surface area contributed by atoms with Crippen molar-refractivity contribution >= 4 is 0 Å². The van der Waals surface area contributed by atoms with E-state index in [2.05, 4.69) is 10.3 Å². The quantitative estimate of drug-likeness (QED) is 0.865. The maximum absolute atomic E-state index is 12.6. The molecule has 0 aromatic carbocycles. The lowest BCUT2D eigenvalue weighted by Gasteiger charge is -2.31. The predicted molar refractivity (Wildman–Crippen MR) is 57.5 cm³/mol. The van der Waals surface area contributed by atoms with Crippen molar-refractivity contribution in [1.82, 2.24) is 14.9 Å². The van der Waals surface area contributed by atoms with E-state index in [9.17, 15) is 13.2 Å². The van der Waals surface area contributed by atoms with Crippen molar-refractivity contribution in [3.8, 4) is 0 Å². The molecule has 1 N–H and O–H groups in total. The Morgan fingerprint density at radius 3 is 2.88 bits per heavy atom. The largest absolute Gasteiger partial charge is 0.391 e. The summed E-state index contributed by atoms with van der Waals surface area (Å²) < 4.78 is 39.7. The van der Waals surface area contributed by atoms with E-state index in [0.717, 1.165) is 5.82 Å². The van der Waals surface area contributed by atoms with Crippen LogP contribution in [0.2, 0.25) is 0 Å². The molecule has 2 unspecified atom stereocenters. The normalized spacial score (nSPS) is 26.1. The van der Waals surface area contributed by atoms with E-state index in [1.807, 2.05) is 11.6 Å². The van der Waals surface area contributed by atoms with E-state index in [1.165, 1.54) is 0 Å². The van der Waals surface area contributed by atoms with Crippen LogP contribution in [0.15, 0.2) is 12.4 Å². The number of piperidine rings is 1. The molecular formula is C11H16F3N3. The Hall–Kier alpha value is -1.04. The highest BCUT2D eigenvalue weighted by atomic mass is 19.4. The molecular weight excluding hydrogens is 231 g/mol. The van der Waals surface area contributed by atoms with Crippen molar-refractivity contribution in [2.75, 3.05) is 6.54 Å². The molecule has 17 heavy (non-hydrogen) atoms. The molecule has 2 rings (SSSR count). The molecule has 6 heteroatoms. The van der Waals surface area contributed by atoms with E-state index in [4.69, 9.17) is 0 Å². The molecule has 1 fully saturated rings. The Morgan fingerprint density at radius 2 is 2.29 bits per heavy atom. The number of hydrogen-bond acceptors (Lipinski definition) is 2. The Morgan fingerprint density at radius 1 is 1.53 bits per heavy atom. The SMILES string of the molecule is Cn1ccnc1CC1CC(C(F)(F)F)CCN1. The van der Waals surface area contributed by atoms with Crippen LogP contribution >= 0.6 is 0 Å². The summed E-state index contributed by atoms with van der Waals surface area (Å²) in [7, 11) is 1.85. The molecule has 1 aliphatic rings. The summed E-state index contributed by atoms with van der Waals surface area (Å²) in [6.07, 6.45) is 0.286. The van der Waals surface area contributed by atoms with Gasteiger partial charge in [0.15, 0.2) is 0 Å². The van der Waals surface area contributed by atoms with Gasteiger partial charge in [-0.15, -0.1) is 0 Å². The minimum atomic E-state index is -4.07. The number of nitrogens with zero attached hydrogens (tertiary/aromatic N) is 2. The topological polar surface area (TPSA) is 29.9 Å². The van der Waals surface area contributed by atoms with Gasteiger partial charge in [-0.2, -0.15) is 13.2 Å². The molecule has 0 bridgehead atoms. The maximum atomic E-state index is 12.6. The van der Waals surface area contributed by atoms with E-state index < -0.39 is 12.1 Å².